The molecule has 1 atom stereocenters. The lowest BCUT2D eigenvalue weighted by molar-refractivity contribution is -0.0321. The number of nitrogens with zero attached hydrogens (tertiary/aromatic N) is 2. The third-order valence-electron chi connectivity index (χ3n) is 6.00. The predicted octanol–water partition coefficient (Wildman–Crippen LogP) is 4.07. The van der Waals surface area contributed by atoms with Gasteiger partial charge in [0, 0.05) is 54.6 Å². The van der Waals surface area contributed by atoms with Gasteiger partial charge in [-0.1, -0.05) is 18.2 Å². The van der Waals surface area contributed by atoms with Crippen LogP contribution >= 0.6 is 11.3 Å². The summed E-state index contributed by atoms with van der Waals surface area (Å²) in [5, 5.41) is 2.29. The number of hydrogen-bond acceptors (Lipinski definition) is 5. The van der Waals surface area contributed by atoms with E-state index in [0.717, 1.165) is 40.0 Å². The molecule has 3 heterocycles. The molecule has 1 amide bonds. The lowest BCUT2D eigenvalue weighted by Crippen LogP contribution is -2.38. The van der Waals surface area contributed by atoms with Crippen LogP contribution in [0.3, 0.4) is 0 Å². The average Bonchev–Trinajstić information content (AvgIpc) is 3.32. The van der Waals surface area contributed by atoms with Crippen LogP contribution in [0.25, 0.3) is 21.0 Å². The van der Waals surface area contributed by atoms with Crippen molar-refractivity contribution in [2.24, 2.45) is 12.8 Å². The topological polar surface area (TPSA) is 69.7 Å². The number of rotatable bonds is 5. The van der Waals surface area contributed by atoms with Crippen LogP contribution in [-0.2, 0) is 18.3 Å². The number of amides is 1. The number of aryl methyl sites for hydroxylation is 1. The Morgan fingerprint density at radius 2 is 2.10 bits per heavy atom. The number of aromatic nitrogens is 1. The van der Waals surface area contributed by atoms with Crippen molar-refractivity contribution in [1.29, 1.82) is 0 Å². The van der Waals surface area contributed by atoms with E-state index in [1.165, 1.54) is 22.3 Å². The van der Waals surface area contributed by atoms with Crippen molar-refractivity contribution in [2.45, 2.75) is 12.6 Å². The molecule has 0 spiro atoms. The van der Waals surface area contributed by atoms with Crippen molar-refractivity contribution in [1.82, 2.24) is 9.47 Å². The molecule has 0 saturated carbocycles. The molecule has 5 rings (SSSR count). The molecular weight excluding hydrogens is 410 g/mol. The van der Waals surface area contributed by atoms with E-state index in [1.807, 2.05) is 30.3 Å². The number of morpholine rings is 1. The normalized spacial score (nSPS) is 17.4. The summed E-state index contributed by atoms with van der Waals surface area (Å²) < 4.78 is 14.7. The Balaban J connectivity index is 1.45. The highest BCUT2D eigenvalue weighted by atomic mass is 32.1. The first-order chi connectivity index (χ1) is 15.0. The molecule has 4 aromatic rings. The number of nitrogens with two attached hydrogens (primary N) is 1. The molecule has 0 bridgehead atoms. The standard InChI is InChI=1S/C24H25N3O3S/c1-26-12-15(17-8-7-16(29-2)11-19(17)26)13-27-9-10-30-20(14-27)22-18-5-3-4-6-21(18)31-23(22)24(25)28/h3-8,11-12,20H,9-10,13-14H2,1-2H3,(H2,25,28). The van der Waals surface area contributed by atoms with Crippen molar-refractivity contribution in [3.8, 4) is 5.75 Å². The summed E-state index contributed by atoms with van der Waals surface area (Å²) in [4.78, 5) is 15.2. The van der Waals surface area contributed by atoms with Gasteiger partial charge in [0.05, 0.1) is 30.2 Å². The summed E-state index contributed by atoms with van der Waals surface area (Å²) in [5.74, 6) is 0.468. The maximum Gasteiger partial charge on any atom is 0.259 e. The fourth-order valence-corrected chi connectivity index (χ4v) is 5.64. The molecule has 0 aliphatic carbocycles. The van der Waals surface area contributed by atoms with Crippen molar-refractivity contribution in [3.63, 3.8) is 0 Å². The molecule has 31 heavy (non-hydrogen) atoms. The van der Waals surface area contributed by atoms with Gasteiger partial charge in [0.1, 0.15) is 5.75 Å². The van der Waals surface area contributed by atoms with E-state index >= 15 is 0 Å². The first-order valence-electron chi connectivity index (χ1n) is 10.3. The molecule has 2 aromatic carbocycles. The molecule has 1 saturated heterocycles. The summed E-state index contributed by atoms with van der Waals surface area (Å²) in [6.07, 6.45) is 2.01. The molecule has 160 valence electrons. The molecule has 1 aliphatic heterocycles. The number of carbonyl (C=O) groups is 1. The summed E-state index contributed by atoms with van der Waals surface area (Å²) in [7, 11) is 3.75. The van der Waals surface area contributed by atoms with Gasteiger partial charge in [0.2, 0.25) is 0 Å². The van der Waals surface area contributed by atoms with Crippen molar-refractivity contribution >= 4 is 38.2 Å². The monoisotopic (exact) mass is 435 g/mol. The zero-order valence-corrected chi connectivity index (χ0v) is 18.4. The average molecular weight is 436 g/mol. The van der Waals surface area contributed by atoms with Crippen LogP contribution in [0.2, 0.25) is 0 Å². The van der Waals surface area contributed by atoms with Crippen molar-refractivity contribution < 1.29 is 14.3 Å². The second-order valence-electron chi connectivity index (χ2n) is 7.95. The number of ether oxygens (including phenoxy) is 2. The Bertz CT molecular complexity index is 1280. The quantitative estimate of drug-likeness (QED) is 0.513. The Hall–Kier alpha value is -2.87. The van der Waals surface area contributed by atoms with E-state index in [4.69, 9.17) is 15.2 Å². The van der Waals surface area contributed by atoms with Gasteiger partial charge in [-0.25, -0.2) is 0 Å². The number of thiophene rings is 1. The number of carbonyl (C=O) groups excluding carboxylic acids is 1. The minimum atomic E-state index is -0.389. The summed E-state index contributed by atoms with van der Waals surface area (Å²) >= 11 is 1.45. The zero-order valence-electron chi connectivity index (χ0n) is 17.6. The van der Waals surface area contributed by atoms with Crippen molar-refractivity contribution in [2.75, 3.05) is 26.8 Å². The van der Waals surface area contributed by atoms with E-state index in [1.54, 1.807) is 7.11 Å². The van der Waals surface area contributed by atoms with Crippen LogP contribution in [0.5, 0.6) is 5.75 Å². The highest BCUT2D eigenvalue weighted by Crippen LogP contribution is 2.38. The summed E-state index contributed by atoms with van der Waals surface area (Å²) in [6.45, 7) is 2.99. The van der Waals surface area contributed by atoms with E-state index in [0.29, 0.717) is 18.0 Å². The molecule has 1 fully saturated rings. The van der Waals surface area contributed by atoms with Gasteiger partial charge >= 0.3 is 0 Å². The molecule has 2 aromatic heterocycles. The van der Waals surface area contributed by atoms with Gasteiger partial charge in [-0.3, -0.25) is 9.69 Å². The molecule has 1 unspecified atom stereocenters. The smallest absolute Gasteiger partial charge is 0.259 e. The maximum absolute atomic E-state index is 12.2. The highest BCUT2D eigenvalue weighted by molar-refractivity contribution is 7.21. The van der Waals surface area contributed by atoms with Gasteiger partial charge in [0.15, 0.2) is 0 Å². The molecule has 6 nitrogen and oxygen atoms in total. The first-order valence-corrected chi connectivity index (χ1v) is 11.1. The molecule has 1 aliphatic rings. The van der Waals surface area contributed by atoms with Crippen LogP contribution in [0.1, 0.15) is 26.9 Å². The number of benzene rings is 2. The van der Waals surface area contributed by atoms with Crippen LogP contribution in [0.15, 0.2) is 48.7 Å². The van der Waals surface area contributed by atoms with Crippen molar-refractivity contribution in [3.05, 3.63) is 64.7 Å². The zero-order chi connectivity index (χ0) is 21.5. The summed E-state index contributed by atoms with van der Waals surface area (Å²) in [6, 6.07) is 14.3. The highest BCUT2D eigenvalue weighted by Gasteiger charge is 2.29. The number of primary amides is 1. The summed E-state index contributed by atoms with van der Waals surface area (Å²) in [5.41, 5.74) is 9.07. The fraction of sp³-hybridized carbons (Fsp3) is 0.292. The number of methoxy groups -OCH3 is 1. The Labute approximate surface area is 184 Å². The number of hydrogen-bond donors (Lipinski definition) is 1. The van der Waals surface area contributed by atoms with E-state index in [2.05, 4.69) is 34.8 Å². The second kappa shape index (κ2) is 8.00. The Kier molecular flexibility index (Phi) is 5.17. The largest absolute Gasteiger partial charge is 0.497 e. The van der Waals surface area contributed by atoms with Crippen LogP contribution < -0.4 is 10.5 Å². The van der Waals surface area contributed by atoms with Crippen LogP contribution in [0, 0.1) is 0 Å². The Morgan fingerprint density at radius 3 is 2.90 bits per heavy atom. The van der Waals surface area contributed by atoms with E-state index in [9.17, 15) is 4.79 Å². The first kappa shape index (κ1) is 20.1. The molecule has 2 N–H and O–H groups in total. The molecular formula is C24H25N3O3S. The predicted molar refractivity (Wildman–Crippen MR) is 124 cm³/mol. The minimum absolute atomic E-state index is 0.178. The van der Waals surface area contributed by atoms with Crippen LogP contribution in [-0.4, -0.2) is 42.2 Å². The van der Waals surface area contributed by atoms with Gasteiger partial charge in [-0.2, -0.15) is 0 Å². The lowest BCUT2D eigenvalue weighted by Gasteiger charge is -2.33. The maximum atomic E-state index is 12.2. The fourth-order valence-electron chi connectivity index (χ4n) is 4.53. The van der Waals surface area contributed by atoms with Gasteiger partial charge in [-0.15, -0.1) is 11.3 Å². The number of fused-ring (bicyclic) bond motifs is 2. The van der Waals surface area contributed by atoms with Gasteiger partial charge in [-0.05, 0) is 29.1 Å². The van der Waals surface area contributed by atoms with Gasteiger partial charge < -0.3 is 19.8 Å². The van der Waals surface area contributed by atoms with E-state index < -0.39 is 0 Å². The Morgan fingerprint density at radius 1 is 1.26 bits per heavy atom. The SMILES string of the molecule is COc1ccc2c(CN3CCOC(c4c(C(N)=O)sc5ccccc45)C3)cn(C)c2c1. The second-order valence-corrected chi connectivity index (χ2v) is 9.00. The van der Waals surface area contributed by atoms with Gasteiger partial charge in [0.25, 0.3) is 5.91 Å². The molecule has 0 radical (unpaired) electrons. The minimum Gasteiger partial charge on any atom is -0.497 e. The van der Waals surface area contributed by atoms with E-state index in [-0.39, 0.29) is 12.0 Å². The third kappa shape index (κ3) is 3.59. The third-order valence-corrected chi connectivity index (χ3v) is 7.21. The molecule has 7 heteroatoms. The lowest BCUT2D eigenvalue weighted by atomic mass is 10.0. The van der Waals surface area contributed by atoms with Crippen LogP contribution in [0.4, 0.5) is 0 Å².